The van der Waals surface area contributed by atoms with Gasteiger partial charge in [-0.05, 0) is 41.8 Å². The fourth-order valence-electron chi connectivity index (χ4n) is 2.86. The van der Waals surface area contributed by atoms with Crippen molar-refractivity contribution in [2.24, 2.45) is 0 Å². The normalized spacial score (nSPS) is 11.1. The molecule has 0 atom stereocenters. The topological polar surface area (TPSA) is 59.8 Å². The van der Waals surface area contributed by atoms with Crippen LogP contribution >= 0.6 is 35.0 Å². The van der Waals surface area contributed by atoms with Crippen molar-refractivity contribution in [2.45, 2.75) is 49.7 Å². The molecule has 3 aromatic rings. The van der Waals surface area contributed by atoms with E-state index < -0.39 is 0 Å². The average Bonchev–Trinajstić information content (AvgIpc) is 2.97. The van der Waals surface area contributed by atoms with Gasteiger partial charge in [-0.25, -0.2) is 4.98 Å². The van der Waals surface area contributed by atoms with Crippen LogP contribution < -0.4 is 5.32 Å². The Morgan fingerprint density at radius 1 is 1.17 bits per heavy atom. The van der Waals surface area contributed by atoms with Gasteiger partial charge < -0.3 is 9.88 Å². The van der Waals surface area contributed by atoms with Gasteiger partial charge in [0, 0.05) is 40.8 Å². The minimum Gasteiger partial charge on any atom is -0.349 e. The highest BCUT2D eigenvalue weighted by molar-refractivity contribution is 7.99. The smallest absolute Gasteiger partial charge is 0.217 e. The first kappa shape index (κ1) is 21.7. The number of benzene rings is 1. The lowest BCUT2D eigenvalue weighted by Gasteiger charge is -2.14. The summed E-state index contributed by atoms with van der Waals surface area (Å²) in [6, 6.07) is 9.44. The van der Waals surface area contributed by atoms with E-state index in [2.05, 4.69) is 28.7 Å². The fraction of sp³-hybridized carbons (Fsp3) is 0.286. The number of hydrogen-bond donors (Lipinski definition) is 1. The number of amides is 1. The van der Waals surface area contributed by atoms with Gasteiger partial charge in [-0.1, -0.05) is 48.8 Å². The third-order valence-corrected chi connectivity index (χ3v) is 5.74. The lowest BCUT2D eigenvalue weighted by Crippen LogP contribution is -2.22. The molecule has 0 bridgehead atoms. The monoisotopic (exact) mass is 448 g/mol. The number of halogens is 2. The largest absolute Gasteiger partial charge is 0.349 e. The van der Waals surface area contributed by atoms with Crippen LogP contribution in [0.3, 0.4) is 0 Å². The molecule has 2 heterocycles. The second kappa shape index (κ2) is 9.65. The molecule has 0 saturated heterocycles. The molecule has 1 amide bonds. The summed E-state index contributed by atoms with van der Waals surface area (Å²) in [5, 5.41) is 5.05. The fourth-order valence-corrected chi connectivity index (χ4v) is 4.77. The van der Waals surface area contributed by atoms with Crippen molar-refractivity contribution < 1.29 is 4.79 Å². The summed E-state index contributed by atoms with van der Waals surface area (Å²) in [5.74, 6) is 0.920. The zero-order valence-corrected chi connectivity index (χ0v) is 18.8. The molecule has 1 aromatic carbocycles. The first-order chi connectivity index (χ1) is 13.8. The number of pyridine rings is 1. The van der Waals surface area contributed by atoms with E-state index in [1.807, 2.05) is 24.3 Å². The van der Waals surface area contributed by atoms with Crippen LogP contribution in [-0.2, 0) is 17.9 Å². The zero-order chi connectivity index (χ0) is 21.0. The number of rotatable bonds is 7. The summed E-state index contributed by atoms with van der Waals surface area (Å²) in [6.45, 7) is 6.69. The predicted octanol–water partition coefficient (Wildman–Crippen LogP) is 5.54. The lowest BCUT2D eigenvalue weighted by atomic mass is 10.1. The summed E-state index contributed by atoms with van der Waals surface area (Å²) < 4.78 is 2.14. The Balaban J connectivity index is 2.08. The molecule has 3 rings (SSSR count). The maximum Gasteiger partial charge on any atom is 0.217 e. The molecule has 0 saturated carbocycles. The zero-order valence-electron chi connectivity index (χ0n) is 16.4. The number of carbonyl (C=O) groups excluding carboxylic acids is 1. The molecule has 1 N–H and O–H groups in total. The first-order valence-electron chi connectivity index (χ1n) is 9.20. The van der Waals surface area contributed by atoms with Gasteiger partial charge in [0.15, 0.2) is 0 Å². The summed E-state index contributed by atoms with van der Waals surface area (Å²) in [4.78, 5) is 21.4. The molecule has 0 radical (unpaired) electrons. The van der Waals surface area contributed by atoms with Crippen LogP contribution in [0.25, 0.3) is 0 Å². The summed E-state index contributed by atoms with van der Waals surface area (Å²) in [5.41, 5.74) is 2.07. The van der Waals surface area contributed by atoms with Gasteiger partial charge in [-0.2, -0.15) is 0 Å². The Bertz CT molecular complexity index is 985. The minimum absolute atomic E-state index is 0.0922. The number of hydrogen-bond acceptors (Lipinski definition) is 4. The van der Waals surface area contributed by atoms with Gasteiger partial charge in [0.1, 0.15) is 10.9 Å². The van der Waals surface area contributed by atoms with Crippen LogP contribution in [-0.4, -0.2) is 20.4 Å². The SMILES string of the molecule is CC(=O)NCc1nc(C(C)C)c(Sc2cc(Cl)cc(Cl)c2)n1Cc1ccncc1. The van der Waals surface area contributed by atoms with Crippen molar-refractivity contribution in [3.8, 4) is 0 Å². The van der Waals surface area contributed by atoms with E-state index in [1.54, 1.807) is 30.2 Å². The molecule has 2 aromatic heterocycles. The Hall–Kier alpha value is -2.02. The third kappa shape index (κ3) is 5.75. The van der Waals surface area contributed by atoms with Gasteiger partial charge in [0.2, 0.25) is 5.91 Å². The molecular formula is C21H22Cl2N4OS. The van der Waals surface area contributed by atoms with Gasteiger partial charge in [-0.15, -0.1) is 0 Å². The highest BCUT2D eigenvalue weighted by Crippen LogP contribution is 2.37. The Morgan fingerprint density at radius 3 is 2.41 bits per heavy atom. The van der Waals surface area contributed by atoms with E-state index in [0.29, 0.717) is 23.1 Å². The Morgan fingerprint density at radius 2 is 1.83 bits per heavy atom. The van der Waals surface area contributed by atoms with Crippen molar-refractivity contribution in [2.75, 3.05) is 0 Å². The van der Waals surface area contributed by atoms with E-state index in [9.17, 15) is 4.79 Å². The van der Waals surface area contributed by atoms with Crippen LogP contribution in [0.2, 0.25) is 10.0 Å². The summed E-state index contributed by atoms with van der Waals surface area (Å²) in [7, 11) is 0. The molecule has 152 valence electrons. The van der Waals surface area contributed by atoms with E-state index in [4.69, 9.17) is 28.2 Å². The van der Waals surface area contributed by atoms with E-state index >= 15 is 0 Å². The van der Waals surface area contributed by atoms with E-state index in [1.165, 1.54) is 6.92 Å². The number of aromatic nitrogens is 3. The van der Waals surface area contributed by atoms with Crippen LogP contribution in [0.15, 0.2) is 52.6 Å². The Labute approximate surface area is 184 Å². The van der Waals surface area contributed by atoms with Crippen molar-refractivity contribution in [1.29, 1.82) is 0 Å². The summed E-state index contributed by atoms with van der Waals surface area (Å²) >= 11 is 14.0. The lowest BCUT2D eigenvalue weighted by molar-refractivity contribution is -0.119. The van der Waals surface area contributed by atoms with E-state index in [0.717, 1.165) is 27.0 Å². The number of imidazole rings is 1. The van der Waals surface area contributed by atoms with Gasteiger partial charge >= 0.3 is 0 Å². The molecule has 0 aliphatic carbocycles. The first-order valence-corrected chi connectivity index (χ1v) is 10.8. The number of nitrogens with one attached hydrogen (secondary N) is 1. The third-order valence-electron chi connectivity index (χ3n) is 4.21. The molecule has 0 unspecified atom stereocenters. The maximum atomic E-state index is 11.5. The molecule has 8 heteroatoms. The second-order valence-electron chi connectivity index (χ2n) is 6.93. The van der Waals surface area contributed by atoms with Crippen molar-refractivity contribution in [3.05, 3.63) is 69.9 Å². The van der Waals surface area contributed by atoms with E-state index in [-0.39, 0.29) is 11.8 Å². The molecule has 0 aliphatic rings. The quantitative estimate of drug-likeness (QED) is 0.514. The molecule has 0 aliphatic heterocycles. The molecular weight excluding hydrogens is 427 g/mol. The van der Waals surface area contributed by atoms with Gasteiger partial charge in [0.25, 0.3) is 0 Å². The molecule has 0 fully saturated rings. The maximum absolute atomic E-state index is 11.5. The predicted molar refractivity (Wildman–Crippen MR) is 118 cm³/mol. The van der Waals surface area contributed by atoms with Crippen LogP contribution in [0.5, 0.6) is 0 Å². The molecule has 0 spiro atoms. The highest BCUT2D eigenvalue weighted by Gasteiger charge is 2.21. The van der Waals surface area contributed by atoms with Crippen molar-refractivity contribution >= 4 is 40.9 Å². The van der Waals surface area contributed by atoms with Crippen LogP contribution in [0.4, 0.5) is 0 Å². The van der Waals surface area contributed by atoms with Crippen LogP contribution in [0, 0.1) is 0 Å². The van der Waals surface area contributed by atoms with Gasteiger partial charge in [-0.3, -0.25) is 9.78 Å². The minimum atomic E-state index is -0.0922. The van der Waals surface area contributed by atoms with Gasteiger partial charge in [0.05, 0.1) is 12.2 Å². The van der Waals surface area contributed by atoms with Crippen molar-refractivity contribution in [1.82, 2.24) is 19.9 Å². The standard InChI is InChI=1S/C21H22Cl2N4OS/c1-13(2)20-21(29-18-9-16(22)8-17(23)10-18)27(12-15-4-6-24-7-5-15)19(26-20)11-25-14(3)28/h4-10,13H,11-12H2,1-3H3,(H,25,28). The second-order valence-corrected chi connectivity index (χ2v) is 8.87. The number of nitrogens with zero attached hydrogens (tertiary/aromatic N) is 3. The molecule has 29 heavy (non-hydrogen) atoms. The molecule has 5 nitrogen and oxygen atoms in total. The average molecular weight is 449 g/mol. The van der Waals surface area contributed by atoms with Crippen molar-refractivity contribution in [3.63, 3.8) is 0 Å². The Kier molecular flexibility index (Phi) is 7.22. The number of carbonyl (C=O) groups is 1. The summed E-state index contributed by atoms with van der Waals surface area (Å²) in [6.07, 6.45) is 3.54. The highest BCUT2D eigenvalue weighted by atomic mass is 35.5. The van der Waals surface area contributed by atoms with Crippen LogP contribution in [0.1, 0.15) is 43.8 Å².